The fourth-order valence-electron chi connectivity index (χ4n) is 2.26. The molecule has 1 aliphatic carbocycles. The second-order valence-corrected chi connectivity index (χ2v) is 6.41. The maximum Gasteiger partial charge on any atom is 0.100 e. The lowest BCUT2D eigenvalue weighted by Crippen LogP contribution is -2.15. The third kappa shape index (κ3) is 2.68. The molecule has 1 heterocycles. The lowest BCUT2D eigenvalue weighted by molar-refractivity contribution is 0.0853. The molecule has 15 heavy (non-hydrogen) atoms. The number of aliphatic hydroxyl groups is 1. The summed E-state index contributed by atoms with van der Waals surface area (Å²) in [5.41, 5.74) is 0.818. The molecule has 0 amide bonds. The molecule has 1 unspecified atom stereocenters. The Morgan fingerprint density at radius 3 is 2.47 bits per heavy atom. The first-order chi connectivity index (χ1) is 7.18. The van der Waals surface area contributed by atoms with Crippen molar-refractivity contribution in [3.05, 3.63) is 20.3 Å². The van der Waals surface area contributed by atoms with E-state index >= 15 is 0 Å². The van der Waals surface area contributed by atoms with E-state index in [1.165, 1.54) is 30.6 Å². The summed E-state index contributed by atoms with van der Waals surface area (Å²) >= 11 is 13.2. The molecular formula is C11H14Cl2OS. The Morgan fingerprint density at radius 2 is 1.93 bits per heavy atom. The van der Waals surface area contributed by atoms with Gasteiger partial charge in [0.1, 0.15) is 4.34 Å². The topological polar surface area (TPSA) is 20.2 Å². The summed E-state index contributed by atoms with van der Waals surface area (Å²) in [6, 6.07) is 1.80. The quantitative estimate of drug-likeness (QED) is 0.823. The lowest BCUT2D eigenvalue weighted by atomic mass is 9.83. The van der Waals surface area contributed by atoms with Crippen LogP contribution in [0.2, 0.25) is 8.67 Å². The van der Waals surface area contributed by atoms with Crippen molar-refractivity contribution < 1.29 is 5.11 Å². The second kappa shape index (κ2) is 5.05. The summed E-state index contributed by atoms with van der Waals surface area (Å²) in [5.74, 6) is 0.363. The smallest absolute Gasteiger partial charge is 0.100 e. The molecule has 1 N–H and O–H groups in total. The van der Waals surface area contributed by atoms with E-state index in [0.717, 1.165) is 18.4 Å². The van der Waals surface area contributed by atoms with E-state index in [9.17, 15) is 5.11 Å². The zero-order chi connectivity index (χ0) is 10.8. The molecule has 0 bridgehead atoms. The summed E-state index contributed by atoms with van der Waals surface area (Å²) in [5, 5.41) is 10.2. The van der Waals surface area contributed by atoms with Gasteiger partial charge in [-0.2, -0.15) is 0 Å². The van der Waals surface area contributed by atoms with Gasteiger partial charge in [-0.3, -0.25) is 0 Å². The first-order valence-corrected chi connectivity index (χ1v) is 6.88. The van der Waals surface area contributed by atoms with Gasteiger partial charge in [0.05, 0.1) is 10.4 Å². The minimum Gasteiger partial charge on any atom is -0.388 e. The van der Waals surface area contributed by atoms with Gasteiger partial charge in [-0.1, -0.05) is 42.5 Å². The van der Waals surface area contributed by atoms with Crippen molar-refractivity contribution in [2.75, 3.05) is 0 Å². The number of hydrogen-bond acceptors (Lipinski definition) is 2. The highest BCUT2D eigenvalue weighted by Crippen LogP contribution is 2.41. The minimum atomic E-state index is -0.429. The van der Waals surface area contributed by atoms with Gasteiger partial charge in [-0.25, -0.2) is 0 Å². The van der Waals surface area contributed by atoms with Crippen LogP contribution in [0.3, 0.4) is 0 Å². The third-order valence-electron chi connectivity index (χ3n) is 3.10. The van der Waals surface area contributed by atoms with Crippen molar-refractivity contribution in [2.45, 2.75) is 38.2 Å². The predicted octanol–water partition coefficient (Wildman–Crippen LogP) is 4.67. The molecule has 0 radical (unpaired) electrons. The molecule has 1 aliphatic rings. The Hall–Kier alpha value is 0.240. The molecule has 1 atom stereocenters. The minimum absolute atomic E-state index is 0.363. The van der Waals surface area contributed by atoms with Crippen molar-refractivity contribution in [1.82, 2.24) is 0 Å². The molecule has 2 rings (SSSR count). The first kappa shape index (κ1) is 11.7. The fraction of sp³-hybridized carbons (Fsp3) is 0.636. The van der Waals surface area contributed by atoms with Crippen LogP contribution in [0, 0.1) is 5.92 Å². The van der Waals surface area contributed by atoms with Crippen molar-refractivity contribution in [2.24, 2.45) is 5.92 Å². The zero-order valence-corrected chi connectivity index (χ0v) is 10.7. The lowest BCUT2D eigenvalue weighted by Gasteiger charge is -2.26. The van der Waals surface area contributed by atoms with E-state index in [-0.39, 0.29) is 0 Å². The molecule has 1 aromatic rings. The van der Waals surface area contributed by atoms with Crippen LogP contribution in [0.5, 0.6) is 0 Å². The van der Waals surface area contributed by atoms with E-state index in [1.807, 2.05) is 0 Å². The Kier molecular flexibility index (Phi) is 3.94. The third-order valence-corrected chi connectivity index (χ3v) is 4.62. The molecule has 0 spiro atoms. The van der Waals surface area contributed by atoms with Gasteiger partial charge in [0, 0.05) is 5.56 Å². The highest BCUT2D eigenvalue weighted by atomic mass is 35.5. The second-order valence-electron chi connectivity index (χ2n) is 4.12. The molecular weight excluding hydrogens is 251 g/mol. The number of aliphatic hydroxyl groups excluding tert-OH is 1. The first-order valence-electron chi connectivity index (χ1n) is 5.31. The van der Waals surface area contributed by atoms with Crippen LogP contribution in [0.25, 0.3) is 0 Å². The van der Waals surface area contributed by atoms with Gasteiger partial charge in [-0.15, -0.1) is 11.3 Å². The Morgan fingerprint density at radius 1 is 1.27 bits per heavy atom. The average molecular weight is 265 g/mol. The van der Waals surface area contributed by atoms with E-state index < -0.39 is 6.10 Å². The number of halogens is 2. The van der Waals surface area contributed by atoms with E-state index in [4.69, 9.17) is 23.2 Å². The Labute approximate surface area is 104 Å². The molecule has 0 aromatic carbocycles. The van der Waals surface area contributed by atoms with Crippen LogP contribution in [0.1, 0.15) is 43.8 Å². The van der Waals surface area contributed by atoms with Gasteiger partial charge in [-0.05, 0) is 24.8 Å². The summed E-state index contributed by atoms with van der Waals surface area (Å²) < 4.78 is 1.29. The molecule has 1 fully saturated rings. The number of rotatable bonds is 2. The number of thiophene rings is 1. The molecule has 0 saturated heterocycles. The van der Waals surface area contributed by atoms with E-state index in [0.29, 0.717) is 14.6 Å². The predicted molar refractivity (Wildman–Crippen MR) is 65.9 cm³/mol. The standard InChI is InChI=1S/C11H14Cl2OS/c12-9-6-8(11(13)15-9)10(14)7-4-2-1-3-5-7/h6-7,10,14H,1-5H2. The largest absolute Gasteiger partial charge is 0.388 e. The molecule has 1 aromatic heterocycles. The van der Waals surface area contributed by atoms with Gasteiger partial charge in [0.2, 0.25) is 0 Å². The van der Waals surface area contributed by atoms with Crippen molar-refractivity contribution in [1.29, 1.82) is 0 Å². The van der Waals surface area contributed by atoms with Crippen LogP contribution in [-0.2, 0) is 0 Å². The number of hydrogen-bond donors (Lipinski definition) is 1. The fourth-order valence-corrected chi connectivity index (χ4v) is 3.80. The normalized spacial score (nSPS) is 20.5. The van der Waals surface area contributed by atoms with Crippen molar-refractivity contribution in [3.63, 3.8) is 0 Å². The Balaban J connectivity index is 2.12. The van der Waals surface area contributed by atoms with Gasteiger partial charge in [0.25, 0.3) is 0 Å². The SMILES string of the molecule is OC(c1cc(Cl)sc1Cl)C1CCCCC1. The van der Waals surface area contributed by atoms with E-state index in [1.54, 1.807) is 6.07 Å². The summed E-state index contributed by atoms with van der Waals surface area (Å²) in [6.45, 7) is 0. The van der Waals surface area contributed by atoms with Crippen LogP contribution in [0.15, 0.2) is 6.07 Å². The highest BCUT2D eigenvalue weighted by molar-refractivity contribution is 7.20. The van der Waals surface area contributed by atoms with E-state index in [2.05, 4.69) is 0 Å². The van der Waals surface area contributed by atoms with Gasteiger partial charge in [0.15, 0.2) is 0 Å². The maximum absolute atomic E-state index is 10.2. The van der Waals surface area contributed by atoms with Crippen LogP contribution >= 0.6 is 34.5 Å². The average Bonchev–Trinajstić information content (AvgIpc) is 2.58. The molecule has 4 heteroatoms. The Bertz CT molecular complexity index is 331. The van der Waals surface area contributed by atoms with Crippen molar-refractivity contribution in [3.8, 4) is 0 Å². The summed E-state index contributed by atoms with van der Waals surface area (Å²) in [6.07, 6.45) is 5.51. The molecule has 84 valence electrons. The van der Waals surface area contributed by atoms with Gasteiger partial charge < -0.3 is 5.11 Å². The highest BCUT2D eigenvalue weighted by Gasteiger charge is 2.25. The summed E-state index contributed by atoms with van der Waals surface area (Å²) in [4.78, 5) is 0. The van der Waals surface area contributed by atoms with Crippen molar-refractivity contribution >= 4 is 34.5 Å². The van der Waals surface area contributed by atoms with Crippen LogP contribution < -0.4 is 0 Å². The summed E-state index contributed by atoms with van der Waals surface area (Å²) in [7, 11) is 0. The van der Waals surface area contributed by atoms with Crippen LogP contribution in [0.4, 0.5) is 0 Å². The monoisotopic (exact) mass is 264 g/mol. The molecule has 0 aliphatic heterocycles. The van der Waals surface area contributed by atoms with Gasteiger partial charge >= 0.3 is 0 Å². The maximum atomic E-state index is 10.2. The molecule has 1 nitrogen and oxygen atoms in total. The molecule has 1 saturated carbocycles. The van der Waals surface area contributed by atoms with Crippen LogP contribution in [-0.4, -0.2) is 5.11 Å². The zero-order valence-electron chi connectivity index (χ0n) is 8.38.